The predicted octanol–water partition coefficient (Wildman–Crippen LogP) is 3.03. The zero-order valence-corrected chi connectivity index (χ0v) is 11.0. The summed E-state index contributed by atoms with van der Waals surface area (Å²) in [6.07, 6.45) is 2.86. The average Bonchev–Trinajstić information content (AvgIpc) is 2.23. The molecule has 0 aliphatic heterocycles. The largest absolute Gasteiger partial charge is 0.271 e. The minimum atomic E-state index is -0.186. The van der Waals surface area contributed by atoms with Gasteiger partial charge in [-0.05, 0) is 42.4 Å². The number of nitrogens with two attached hydrogens (primary N) is 1. The molecule has 1 rings (SSSR count). The molecule has 1 aromatic rings. The number of halogens is 1. The Morgan fingerprint density at radius 3 is 2.59 bits per heavy atom. The Bertz CT molecular complexity index is 344. The molecule has 1 unspecified atom stereocenters. The zero-order valence-electron chi connectivity index (χ0n) is 11.0. The molecule has 0 fully saturated rings. The molecule has 0 aromatic heterocycles. The molecule has 0 radical (unpaired) electrons. The van der Waals surface area contributed by atoms with Gasteiger partial charge < -0.3 is 0 Å². The number of nitrogens with one attached hydrogen (secondary N) is 1. The fourth-order valence-corrected chi connectivity index (χ4v) is 1.80. The van der Waals surface area contributed by atoms with E-state index in [9.17, 15) is 4.39 Å². The van der Waals surface area contributed by atoms with Gasteiger partial charge in [0.1, 0.15) is 5.82 Å². The van der Waals surface area contributed by atoms with E-state index in [1.54, 1.807) is 12.1 Å². The fraction of sp³-hybridized carbons (Fsp3) is 0.571. The molecule has 0 aliphatic carbocycles. The summed E-state index contributed by atoms with van der Waals surface area (Å²) in [4.78, 5) is 0. The lowest BCUT2D eigenvalue weighted by Crippen LogP contribution is -2.37. The Morgan fingerprint density at radius 1 is 1.35 bits per heavy atom. The van der Waals surface area contributed by atoms with Crippen LogP contribution >= 0.6 is 0 Å². The first-order valence-electron chi connectivity index (χ1n) is 6.11. The fourth-order valence-electron chi connectivity index (χ4n) is 1.80. The molecule has 17 heavy (non-hydrogen) atoms. The number of rotatable bonds is 5. The summed E-state index contributed by atoms with van der Waals surface area (Å²) < 4.78 is 13.0. The van der Waals surface area contributed by atoms with Crippen molar-refractivity contribution < 1.29 is 4.39 Å². The van der Waals surface area contributed by atoms with Gasteiger partial charge in [-0.25, -0.2) is 4.39 Å². The van der Waals surface area contributed by atoms with Crippen molar-refractivity contribution in [2.45, 2.75) is 46.1 Å². The van der Waals surface area contributed by atoms with Gasteiger partial charge in [-0.15, -0.1) is 0 Å². The highest BCUT2D eigenvalue weighted by Crippen LogP contribution is 2.22. The van der Waals surface area contributed by atoms with Crippen molar-refractivity contribution in [3.63, 3.8) is 0 Å². The van der Waals surface area contributed by atoms with Crippen LogP contribution in [0, 0.1) is 11.2 Å². The van der Waals surface area contributed by atoms with Crippen LogP contribution in [0.15, 0.2) is 24.3 Å². The highest BCUT2D eigenvalue weighted by atomic mass is 19.1. The third kappa shape index (κ3) is 5.80. The SMILES string of the molecule is CC(C)(C)CCC(Cc1cccc(F)c1)NN. The van der Waals surface area contributed by atoms with Crippen molar-refractivity contribution in [3.8, 4) is 0 Å². The van der Waals surface area contributed by atoms with Crippen molar-refractivity contribution in [2.24, 2.45) is 11.3 Å². The van der Waals surface area contributed by atoms with Gasteiger partial charge in [-0.1, -0.05) is 32.9 Å². The Balaban J connectivity index is 2.52. The first kappa shape index (κ1) is 14.1. The second kappa shape index (κ2) is 6.12. The van der Waals surface area contributed by atoms with Crippen LogP contribution in [0.25, 0.3) is 0 Å². The monoisotopic (exact) mass is 238 g/mol. The second-order valence-corrected chi connectivity index (χ2v) is 5.80. The zero-order chi connectivity index (χ0) is 12.9. The normalized spacial score (nSPS) is 13.7. The van der Waals surface area contributed by atoms with E-state index in [1.807, 2.05) is 6.07 Å². The van der Waals surface area contributed by atoms with Gasteiger partial charge in [0.25, 0.3) is 0 Å². The molecular formula is C14H23FN2. The van der Waals surface area contributed by atoms with Crippen LogP contribution in [0.1, 0.15) is 39.2 Å². The maximum Gasteiger partial charge on any atom is 0.123 e. The van der Waals surface area contributed by atoms with Crippen LogP contribution in [0.2, 0.25) is 0 Å². The molecule has 2 nitrogen and oxygen atoms in total. The number of hydrogen-bond donors (Lipinski definition) is 2. The summed E-state index contributed by atoms with van der Waals surface area (Å²) in [7, 11) is 0. The van der Waals surface area contributed by atoms with E-state index in [0.29, 0.717) is 5.41 Å². The van der Waals surface area contributed by atoms with Gasteiger partial charge in [0, 0.05) is 6.04 Å². The Labute approximate surface area is 103 Å². The van der Waals surface area contributed by atoms with Gasteiger partial charge >= 0.3 is 0 Å². The molecule has 1 atom stereocenters. The molecule has 0 aliphatic rings. The number of hydrazine groups is 1. The van der Waals surface area contributed by atoms with E-state index in [2.05, 4.69) is 26.2 Å². The van der Waals surface area contributed by atoms with Crippen molar-refractivity contribution in [1.82, 2.24) is 5.43 Å². The predicted molar refractivity (Wildman–Crippen MR) is 69.9 cm³/mol. The molecule has 0 bridgehead atoms. The van der Waals surface area contributed by atoms with E-state index < -0.39 is 0 Å². The molecule has 0 saturated carbocycles. The summed E-state index contributed by atoms with van der Waals surface area (Å²) in [6.45, 7) is 6.63. The van der Waals surface area contributed by atoms with Crippen LogP contribution in [-0.4, -0.2) is 6.04 Å². The Hall–Kier alpha value is -0.930. The Morgan fingerprint density at radius 2 is 2.06 bits per heavy atom. The lowest BCUT2D eigenvalue weighted by atomic mass is 9.87. The average molecular weight is 238 g/mol. The number of hydrogen-bond acceptors (Lipinski definition) is 2. The maximum atomic E-state index is 13.0. The first-order chi connectivity index (χ1) is 7.90. The molecule has 3 N–H and O–H groups in total. The molecule has 3 heteroatoms. The lowest BCUT2D eigenvalue weighted by molar-refractivity contribution is 0.330. The number of benzene rings is 1. The van der Waals surface area contributed by atoms with Crippen LogP contribution < -0.4 is 11.3 Å². The summed E-state index contributed by atoms with van der Waals surface area (Å²) in [5.74, 6) is 5.36. The summed E-state index contributed by atoms with van der Waals surface area (Å²) in [6, 6.07) is 6.91. The van der Waals surface area contributed by atoms with E-state index in [1.165, 1.54) is 6.07 Å². The van der Waals surface area contributed by atoms with Crippen molar-refractivity contribution in [1.29, 1.82) is 0 Å². The third-order valence-corrected chi connectivity index (χ3v) is 2.85. The molecule has 0 spiro atoms. The van der Waals surface area contributed by atoms with E-state index in [4.69, 9.17) is 5.84 Å². The van der Waals surface area contributed by atoms with E-state index in [-0.39, 0.29) is 11.9 Å². The van der Waals surface area contributed by atoms with Gasteiger partial charge in [-0.2, -0.15) is 0 Å². The molecule has 1 aromatic carbocycles. The van der Waals surface area contributed by atoms with Crippen molar-refractivity contribution >= 4 is 0 Å². The summed E-state index contributed by atoms with van der Waals surface area (Å²) in [5, 5.41) is 0. The highest BCUT2D eigenvalue weighted by Gasteiger charge is 2.15. The third-order valence-electron chi connectivity index (χ3n) is 2.85. The van der Waals surface area contributed by atoms with E-state index >= 15 is 0 Å². The molecule has 0 heterocycles. The quantitative estimate of drug-likeness (QED) is 0.611. The van der Waals surface area contributed by atoms with Gasteiger partial charge in [0.15, 0.2) is 0 Å². The molecule has 0 saturated heterocycles. The summed E-state index contributed by atoms with van der Waals surface area (Å²) >= 11 is 0. The van der Waals surface area contributed by atoms with Gasteiger partial charge in [-0.3, -0.25) is 11.3 Å². The van der Waals surface area contributed by atoms with Crippen LogP contribution in [-0.2, 0) is 6.42 Å². The minimum Gasteiger partial charge on any atom is -0.271 e. The smallest absolute Gasteiger partial charge is 0.123 e. The van der Waals surface area contributed by atoms with Gasteiger partial charge in [0.2, 0.25) is 0 Å². The molecule has 0 amide bonds. The van der Waals surface area contributed by atoms with Crippen LogP contribution in [0.4, 0.5) is 4.39 Å². The van der Waals surface area contributed by atoms with Crippen LogP contribution in [0.3, 0.4) is 0 Å². The maximum absolute atomic E-state index is 13.0. The highest BCUT2D eigenvalue weighted by molar-refractivity contribution is 5.17. The van der Waals surface area contributed by atoms with Gasteiger partial charge in [0.05, 0.1) is 0 Å². The lowest BCUT2D eigenvalue weighted by Gasteiger charge is -2.22. The Kier molecular flexibility index (Phi) is 5.09. The molecule has 96 valence electrons. The first-order valence-corrected chi connectivity index (χ1v) is 6.11. The summed E-state index contributed by atoms with van der Waals surface area (Å²) in [5.41, 5.74) is 4.11. The minimum absolute atomic E-state index is 0.186. The topological polar surface area (TPSA) is 38.0 Å². The standard InChI is InChI=1S/C14H23FN2/c1-14(2,3)8-7-13(17-16)10-11-5-4-6-12(15)9-11/h4-6,9,13,17H,7-8,10,16H2,1-3H3. The van der Waals surface area contributed by atoms with Crippen molar-refractivity contribution in [3.05, 3.63) is 35.6 Å². The van der Waals surface area contributed by atoms with Crippen molar-refractivity contribution in [2.75, 3.05) is 0 Å². The second-order valence-electron chi connectivity index (χ2n) is 5.80. The van der Waals surface area contributed by atoms with E-state index in [0.717, 1.165) is 24.8 Å². The van der Waals surface area contributed by atoms with Crippen LogP contribution in [0.5, 0.6) is 0 Å². The molecular weight excluding hydrogens is 215 g/mol.